The summed E-state index contributed by atoms with van der Waals surface area (Å²) in [5.74, 6) is 1.24. The second-order valence-electron chi connectivity index (χ2n) is 5.69. The lowest BCUT2D eigenvalue weighted by Gasteiger charge is -2.06. The Balaban J connectivity index is 1.57. The van der Waals surface area contributed by atoms with E-state index in [2.05, 4.69) is 20.3 Å². The standard InChI is InChI=1S/C20H16N4O2/c1-26-16-11-12-21-19-17(16)23-18(24-19)13-7-9-15(10-8-13)22-20(25)14-5-3-2-4-6-14/h2-12H,1H3,(H,22,25)(H,21,23,24). The highest BCUT2D eigenvalue weighted by molar-refractivity contribution is 6.04. The van der Waals surface area contributed by atoms with Crippen molar-refractivity contribution in [2.75, 3.05) is 12.4 Å². The molecular formula is C20H16N4O2. The fourth-order valence-corrected chi connectivity index (χ4v) is 2.70. The van der Waals surface area contributed by atoms with E-state index in [1.54, 1.807) is 31.5 Å². The average Bonchev–Trinajstić information content (AvgIpc) is 3.13. The van der Waals surface area contributed by atoms with E-state index < -0.39 is 0 Å². The molecule has 2 N–H and O–H groups in total. The molecule has 0 aliphatic rings. The number of anilines is 1. The Morgan fingerprint density at radius 2 is 1.81 bits per heavy atom. The minimum absolute atomic E-state index is 0.143. The quantitative estimate of drug-likeness (QED) is 0.589. The first kappa shape index (κ1) is 15.8. The number of aromatic nitrogens is 3. The highest BCUT2D eigenvalue weighted by Gasteiger charge is 2.11. The molecule has 26 heavy (non-hydrogen) atoms. The number of methoxy groups -OCH3 is 1. The van der Waals surface area contributed by atoms with Crippen LogP contribution in [0.4, 0.5) is 5.69 Å². The second kappa shape index (κ2) is 6.68. The van der Waals surface area contributed by atoms with Crippen LogP contribution in [-0.2, 0) is 0 Å². The third-order valence-corrected chi connectivity index (χ3v) is 4.03. The number of nitrogens with one attached hydrogen (secondary N) is 2. The average molecular weight is 344 g/mol. The van der Waals surface area contributed by atoms with Gasteiger partial charge in [-0.25, -0.2) is 9.97 Å². The summed E-state index contributed by atoms with van der Waals surface area (Å²) in [5, 5.41) is 2.88. The van der Waals surface area contributed by atoms with Crippen LogP contribution in [0.2, 0.25) is 0 Å². The summed E-state index contributed by atoms with van der Waals surface area (Å²) in [6, 6.07) is 18.4. The fraction of sp³-hybridized carbons (Fsp3) is 0.0500. The van der Waals surface area contributed by atoms with Crippen LogP contribution >= 0.6 is 0 Å². The molecule has 0 spiro atoms. The van der Waals surface area contributed by atoms with Gasteiger partial charge >= 0.3 is 0 Å². The van der Waals surface area contributed by atoms with Crippen LogP contribution in [0, 0.1) is 0 Å². The van der Waals surface area contributed by atoms with E-state index in [1.165, 1.54) is 0 Å². The lowest BCUT2D eigenvalue weighted by atomic mass is 10.1. The molecule has 0 bridgehead atoms. The molecule has 6 heteroatoms. The van der Waals surface area contributed by atoms with Crippen LogP contribution in [0.25, 0.3) is 22.6 Å². The Kier molecular flexibility index (Phi) is 4.07. The number of carbonyl (C=O) groups is 1. The maximum Gasteiger partial charge on any atom is 0.255 e. The number of aromatic amines is 1. The Hall–Kier alpha value is -3.67. The Bertz CT molecular complexity index is 1060. The van der Waals surface area contributed by atoms with Gasteiger partial charge in [0.25, 0.3) is 5.91 Å². The van der Waals surface area contributed by atoms with Gasteiger partial charge in [-0.3, -0.25) is 4.79 Å². The van der Waals surface area contributed by atoms with Gasteiger partial charge in [0.05, 0.1) is 7.11 Å². The molecule has 0 fully saturated rings. The van der Waals surface area contributed by atoms with Crippen molar-refractivity contribution in [3.05, 3.63) is 72.4 Å². The molecule has 2 aromatic heterocycles. The Labute approximate surface area is 149 Å². The molecule has 6 nitrogen and oxygen atoms in total. The number of hydrogen-bond acceptors (Lipinski definition) is 4. The van der Waals surface area contributed by atoms with E-state index in [9.17, 15) is 4.79 Å². The number of H-pyrrole nitrogens is 1. The number of amides is 1. The molecule has 0 radical (unpaired) electrons. The highest BCUT2D eigenvalue weighted by atomic mass is 16.5. The van der Waals surface area contributed by atoms with Crippen molar-refractivity contribution in [2.45, 2.75) is 0 Å². The summed E-state index contributed by atoms with van der Waals surface area (Å²) in [4.78, 5) is 24.2. The number of ether oxygens (including phenoxy) is 1. The summed E-state index contributed by atoms with van der Waals surface area (Å²) in [5.41, 5.74) is 3.58. The lowest BCUT2D eigenvalue weighted by Crippen LogP contribution is -2.11. The molecule has 0 unspecified atom stereocenters. The topological polar surface area (TPSA) is 79.9 Å². The van der Waals surface area contributed by atoms with Gasteiger partial charge in [0.2, 0.25) is 0 Å². The molecule has 0 atom stereocenters. The Morgan fingerprint density at radius 3 is 2.54 bits per heavy atom. The molecule has 0 aliphatic carbocycles. The first-order valence-electron chi connectivity index (χ1n) is 8.10. The zero-order chi connectivity index (χ0) is 17.9. The number of benzene rings is 2. The smallest absolute Gasteiger partial charge is 0.255 e. The molecule has 4 rings (SSSR count). The molecule has 0 aliphatic heterocycles. The van der Waals surface area contributed by atoms with Crippen LogP contribution in [0.5, 0.6) is 5.75 Å². The molecule has 128 valence electrons. The molecule has 1 amide bonds. The minimum Gasteiger partial charge on any atom is -0.494 e. The maximum atomic E-state index is 12.2. The van der Waals surface area contributed by atoms with Gasteiger partial charge in [0.15, 0.2) is 5.65 Å². The van der Waals surface area contributed by atoms with Crippen molar-refractivity contribution >= 4 is 22.8 Å². The predicted molar refractivity (Wildman–Crippen MR) is 100 cm³/mol. The van der Waals surface area contributed by atoms with E-state index in [-0.39, 0.29) is 5.91 Å². The van der Waals surface area contributed by atoms with Crippen LogP contribution in [0.15, 0.2) is 66.9 Å². The molecule has 0 saturated carbocycles. The maximum absolute atomic E-state index is 12.2. The summed E-state index contributed by atoms with van der Waals surface area (Å²) >= 11 is 0. The van der Waals surface area contributed by atoms with Crippen molar-refractivity contribution in [3.8, 4) is 17.1 Å². The zero-order valence-corrected chi connectivity index (χ0v) is 14.1. The zero-order valence-electron chi connectivity index (χ0n) is 14.1. The summed E-state index contributed by atoms with van der Waals surface area (Å²) in [6.45, 7) is 0. The van der Waals surface area contributed by atoms with E-state index in [0.717, 1.165) is 16.8 Å². The van der Waals surface area contributed by atoms with Gasteiger partial charge in [0, 0.05) is 29.1 Å². The van der Waals surface area contributed by atoms with Crippen molar-refractivity contribution in [1.29, 1.82) is 0 Å². The number of fused-ring (bicyclic) bond motifs is 1. The number of rotatable bonds is 4. The largest absolute Gasteiger partial charge is 0.494 e. The number of hydrogen-bond donors (Lipinski definition) is 2. The van der Waals surface area contributed by atoms with Gasteiger partial charge < -0.3 is 15.0 Å². The number of carbonyl (C=O) groups excluding carboxylic acids is 1. The number of pyridine rings is 1. The van der Waals surface area contributed by atoms with Crippen LogP contribution in [-0.4, -0.2) is 28.0 Å². The van der Waals surface area contributed by atoms with Crippen molar-refractivity contribution < 1.29 is 9.53 Å². The molecule has 2 aromatic carbocycles. The van der Waals surface area contributed by atoms with E-state index in [1.807, 2.05) is 42.5 Å². The van der Waals surface area contributed by atoms with Crippen LogP contribution < -0.4 is 10.1 Å². The number of nitrogens with zero attached hydrogens (tertiary/aromatic N) is 2. The van der Waals surface area contributed by atoms with Crippen LogP contribution in [0.1, 0.15) is 10.4 Å². The minimum atomic E-state index is -0.143. The molecule has 4 aromatic rings. The SMILES string of the molecule is COc1ccnc2nc(-c3ccc(NC(=O)c4ccccc4)cc3)[nH]c12. The summed E-state index contributed by atoms with van der Waals surface area (Å²) in [7, 11) is 1.61. The van der Waals surface area contributed by atoms with Crippen molar-refractivity contribution in [2.24, 2.45) is 0 Å². The van der Waals surface area contributed by atoms with Crippen LogP contribution in [0.3, 0.4) is 0 Å². The van der Waals surface area contributed by atoms with Gasteiger partial charge in [-0.15, -0.1) is 0 Å². The summed E-state index contributed by atoms with van der Waals surface area (Å²) < 4.78 is 5.32. The number of imidazole rings is 1. The predicted octanol–water partition coefficient (Wildman–Crippen LogP) is 3.89. The van der Waals surface area contributed by atoms with Crippen molar-refractivity contribution in [3.63, 3.8) is 0 Å². The van der Waals surface area contributed by atoms with Crippen molar-refractivity contribution in [1.82, 2.24) is 15.0 Å². The molecular weight excluding hydrogens is 328 g/mol. The first-order chi connectivity index (χ1) is 12.7. The summed E-state index contributed by atoms with van der Waals surface area (Å²) in [6.07, 6.45) is 1.66. The highest BCUT2D eigenvalue weighted by Crippen LogP contribution is 2.26. The molecule has 2 heterocycles. The molecule has 0 saturated heterocycles. The fourth-order valence-electron chi connectivity index (χ4n) is 2.70. The van der Waals surface area contributed by atoms with E-state index >= 15 is 0 Å². The third kappa shape index (κ3) is 3.00. The monoisotopic (exact) mass is 344 g/mol. The first-order valence-corrected chi connectivity index (χ1v) is 8.10. The van der Waals surface area contributed by atoms with Gasteiger partial charge in [0.1, 0.15) is 17.1 Å². The van der Waals surface area contributed by atoms with E-state index in [4.69, 9.17) is 4.74 Å². The van der Waals surface area contributed by atoms with E-state index in [0.29, 0.717) is 22.8 Å². The van der Waals surface area contributed by atoms with Gasteiger partial charge in [-0.05, 0) is 36.4 Å². The third-order valence-electron chi connectivity index (χ3n) is 4.03. The second-order valence-corrected chi connectivity index (χ2v) is 5.69. The Morgan fingerprint density at radius 1 is 1.04 bits per heavy atom. The van der Waals surface area contributed by atoms with Gasteiger partial charge in [-0.1, -0.05) is 18.2 Å². The van der Waals surface area contributed by atoms with Gasteiger partial charge in [-0.2, -0.15) is 0 Å². The lowest BCUT2D eigenvalue weighted by molar-refractivity contribution is 0.102. The normalized spacial score (nSPS) is 10.7.